The minimum absolute atomic E-state index is 0.0753. The summed E-state index contributed by atoms with van der Waals surface area (Å²) in [5, 5.41) is 14.5. The molecule has 0 bridgehead atoms. The maximum atomic E-state index is 14.1. The molecule has 3 aromatic carbocycles. The van der Waals surface area contributed by atoms with Crippen LogP contribution in [0.3, 0.4) is 0 Å². The third-order valence-electron chi connectivity index (χ3n) is 7.02. The molecule has 230 valence electrons. The Hall–Kier alpha value is -4.45. The van der Waals surface area contributed by atoms with Gasteiger partial charge in [0.05, 0.1) is 22.6 Å². The van der Waals surface area contributed by atoms with Crippen molar-refractivity contribution in [2.24, 2.45) is 0 Å². The van der Waals surface area contributed by atoms with E-state index >= 15 is 0 Å². The number of ether oxygens (including phenoxy) is 1. The first-order valence-electron chi connectivity index (χ1n) is 14.1. The van der Waals surface area contributed by atoms with Crippen LogP contribution in [-0.4, -0.2) is 56.3 Å². The van der Waals surface area contributed by atoms with Gasteiger partial charge >= 0.3 is 0 Å². The number of unbranched alkanes of at least 4 members (excludes halogenated alkanes) is 1. The molecule has 0 saturated heterocycles. The molecular formula is C31H38N4O7S. The number of nitro groups is 1. The van der Waals surface area contributed by atoms with Crippen molar-refractivity contribution in [1.82, 2.24) is 10.2 Å². The lowest BCUT2D eigenvalue weighted by Crippen LogP contribution is -2.52. The number of methoxy groups -OCH3 is 1. The number of benzene rings is 3. The number of nitro benzene ring substituents is 1. The molecule has 0 aliphatic heterocycles. The number of nitrogens with one attached hydrogen (secondary N) is 1. The van der Waals surface area contributed by atoms with E-state index in [0.29, 0.717) is 24.3 Å². The lowest BCUT2D eigenvalue weighted by molar-refractivity contribution is -0.385. The molecule has 0 aliphatic rings. The van der Waals surface area contributed by atoms with Crippen LogP contribution in [0.1, 0.15) is 44.2 Å². The van der Waals surface area contributed by atoms with Gasteiger partial charge in [0.2, 0.25) is 11.8 Å². The van der Waals surface area contributed by atoms with Crippen molar-refractivity contribution in [2.75, 3.05) is 24.5 Å². The van der Waals surface area contributed by atoms with Crippen LogP contribution in [0, 0.1) is 17.0 Å². The number of anilines is 1. The topological polar surface area (TPSA) is 139 Å². The summed E-state index contributed by atoms with van der Waals surface area (Å²) in [6.07, 6.45) is 1.96. The van der Waals surface area contributed by atoms with E-state index in [0.717, 1.165) is 28.8 Å². The molecule has 0 radical (unpaired) electrons. The van der Waals surface area contributed by atoms with Gasteiger partial charge in [-0.15, -0.1) is 0 Å². The van der Waals surface area contributed by atoms with Crippen molar-refractivity contribution >= 4 is 33.2 Å². The summed E-state index contributed by atoms with van der Waals surface area (Å²) in [7, 11) is -3.01. The van der Waals surface area contributed by atoms with Crippen LogP contribution in [0.4, 0.5) is 11.4 Å². The van der Waals surface area contributed by atoms with Crippen molar-refractivity contribution in [3.8, 4) is 5.75 Å². The van der Waals surface area contributed by atoms with E-state index in [1.807, 2.05) is 37.3 Å². The minimum Gasteiger partial charge on any atom is -0.497 e. The van der Waals surface area contributed by atoms with Gasteiger partial charge in [-0.3, -0.25) is 24.0 Å². The van der Waals surface area contributed by atoms with Crippen molar-refractivity contribution in [1.29, 1.82) is 0 Å². The van der Waals surface area contributed by atoms with Crippen LogP contribution >= 0.6 is 0 Å². The number of carbonyl (C=O) groups excluding carboxylic acids is 2. The normalized spacial score (nSPS) is 11.8. The minimum atomic E-state index is -4.48. The molecule has 0 heterocycles. The molecule has 43 heavy (non-hydrogen) atoms. The molecular weight excluding hydrogens is 572 g/mol. The average Bonchev–Trinajstić information content (AvgIpc) is 3.00. The highest BCUT2D eigenvalue weighted by molar-refractivity contribution is 7.92. The zero-order chi connectivity index (χ0) is 31.6. The Bertz CT molecular complexity index is 1510. The Morgan fingerprint density at radius 3 is 2.28 bits per heavy atom. The van der Waals surface area contributed by atoms with Crippen molar-refractivity contribution in [3.05, 3.63) is 94.0 Å². The van der Waals surface area contributed by atoms with Gasteiger partial charge in [-0.05, 0) is 55.7 Å². The van der Waals surface area contributed by atoms with Crippen LogP contribution in [0.15, 0.2) is 77.7 Å². The van der Waals surface area contributed by atoms with E-state index in [1.165, 1.54) is 43.2 Å². The van der Waals surface area contributed by atoms with Crippen LogP contribution in [0.25, 0.3) is 0 Å². The molecule has 0 fully saturated rings. The zero-order valence-electron chi connectivity index (χ0n) is 24.9. The number of rotatable bonds is 15. The number of nitrogens with zero attached hydrogens (tertiary/aromatic N) is 3. The molecule has 1 atom stereocenters. The summed E-state index contributed by atoms with van der Waals surface area (Å²) >= 11 is 0. The van der Waals surface area contributed by atoms with E-state index in [9.17, 15) is 28.1 Å². The van der Waals surface area contributed by atoms with Crippen molar-refractivity contribution in [2.45, 2.75) is 57.5 Å². The Morgan fingerprint density at radius 1 is 1.02 bits per heavy atom. The van der Waals surface area contributed by atoms with Gasteiger partial charge in [0.25, 0.3) is 15.7 Å². The first kappa shape index (κ1) is 33.1. The molecule has 0 aromatic heterocycles. The van der Waals surface area contributed by atoms with Crippen LogP contribution in [0.5, 0.6) is 5.75 Å². The summed E-state index contributed by atoms with van der Waals surface area (Å²) in [6, 6.07) is 18.0. The second kappa shape index (κ2) is 15.1. The highest BCUT2D eigenvalue weighted by Gasteiger charge is 2.34. The molecule has 3 rings (SSSR count). The number of hydrogen-bond donors (Lipinski definition) is 1. The lowest BCUT2D eigenvalue weighted by Gasteiger charge is -2.33. The third kappa shape index (κ3) is 8.31. The number of carbonyl (C=O) groups is 2. The van der Waals surface area contributed by atoms with Gasteiger partial charge in [0.15, 0.2) is 0 Å². The Morgan fingerprint density at radius 2 is 1.70 bits per heavy atom. The molecule has 12 heteroatoms. The van der Waals surface area contributed by atoms with Gasteiger partial charge in [0, 0.05) is 24.7 Å². The van der Waals surface area contributed by atoms with Gasteiger partial charge in [-0.1, -0.05) is 56.7 Å². The zero-order valence-corrected chi connectivity index (χ0v) is 25.7. The highest BCUT2D eigenvalue weighted by Crippen LogP contribution is 2.29. The van der Waals surface area contributed by atoms with Gasteiger partial charge in [0.1, 0.15) is 18.3 Å². The van der Waals surface area contributed by atoms with E-state index in [4.69, 9.17) is 4.74 Å². The SMILES string of the molecule is CCCCNC(=O)[C@@H](CC)N(Cc1ccccc1)C(=O)CN(c1ccc(OC)cc1)S(=O)(=O)c1ccc(C)c([N+](=O)[O-])c1. The quantitative estimate of drug-likeness (QED) is 0.148. The summed E-state index contributed by atoms with van der Waals surface area (Å²) in [5.74, 6) is -0.463. The summed E-state index contributed by atoms with van der Waals surface area (Å²) in [4.78, 5) is 39.4. The number of hydrogen-bond acceptors (Lipinski definition) is 7. The van der Waals surface area contributed by atoms with Crippen LogP contribution < -0.4 is 14.4 Å². The average molecular weight is 611 g/mol. The third-order valence-corrected chi connectivity index (χ3v) is 8.79. The highest BCUT2D eigenvalue weighted by atomic mass is 32.2. The van der Waals surface area contributed by atoms with Crippen LogP contribution in [0.2, 0.25) is 0 Å². The van der Waals surface area contributed by atoms with E-state index < -0.39 is 33.4 Å². The maximum Gasteiger partial charge on any atom is 0.273 e. The molecule has 1 N–H and O–H groups in total. The van der Waals surface area contributed by atoms with E-state index in [1.54, 1.807) is 19.1 Å². The Balaban J connectivity index is 2.08. The second-order valence-electron chi connectivity index (χ2n) is 9.99. The molecule has 0 spiro atoms. The monoisotopic (exact) mass is 610 g/mol. The standard InChI is InChI=1S/C31H38N4O7S/c1-5-7-19-32-31(37)28(6-2)33(21-24-11-9-8-10-12-24)30(36)22-34(25-14-16-26(42-4)17-15-25)43(40,41)27-18-13-23(3)29(20-27)35(38)39/h8-18,20,28H,5-7,19,21-22H2,1-4H3,(H,32,37)/t28-/m1/s1. The maximum absolute atomic E-state index is 14.1. The summed E-state index contributed by atoms with van der Waals surface area (Å²) < 4.78 is 34.2. The molecule has 2 amide bonds. The molecule has 0 unspecified atom stereocenters. The first-order valence-corrected chi connectivity index (χ1v) is 15.5. The lowest BCUT2D eigenvalue weighted by atomic mass is 10.1. The first-order chi connectivity index (χ1) is 20.5. The van der Waals surface area contributed by atoms with E-state index in [-0.39, 0.29) is 28.7 Å². The number of aryl methyl sites for hydroxylation is 1. The summed E-state index contributed by atoms with van der Waals surface area (Å²) in [6.45, 7) is 5.19. The van der Waals surface area contributed by atoms with Crippen molar-refractivity contribution in [3.63, 3.8) is 0 Å². The fourth-order valence-electron chi connectivity index (χ4n) is 4.56. The van der Waals surface area contributed by atoms with Gasteiger partial charge in [-0.25, -0.2) is 8.42 Å². The largest absolute Gasteiger partial charge is 0.497 e. The van der Waals surface area contributed by atoms with E-state index in [2.05, 4.69) is 5.32 Å². The smallest absolute Gasteiger partial charge is 0.273 e. The predicted octanol–water partition coefficient (Wildman–Crippen LogP) is 4.83. The van der Waals surface area contributed by atoms with Crippen LogP contribution in [-0.2, 0) is 26.2 Å². The number of sulfonamides is 1. The van der Waals surface area contributed by atoms with Gasteiger partial charge < -0.3 is 15.0 Å². The molecule has 0 aliphatic carbocycles. The van der Waals surface area contributed by atoms with Gasteiger partial charge in [-0.2, -0.15) is 0 Å². The fourth-order valence-corrected chi connectivity index (χ4v) is 5.99. The summed E-state index contributed by atoms with van der Waals surface area (Å²) in [5.41, 5.74) is 0.855. The Labute approximate surface area is 252 Å². The fraction of sp³-hybridized carbons (Fsp3) is 0.355. The molecule has 0 saturated carbocycles. The van der Waals surface area contributed by atoms with Crippen molar-refractivity contribution < 1.29 is 27.7 Å². The predicted molar refractivity (Wildman–Crippen MR) is 164 cm³/mol. The Kier molecular flexibility index (Phi) is 11.6. The molecule has 11 nitrogen and oxygen atoms in total. The second-order valence-corrected chi connectivity index (χ2v) is 11.9. The molecule has 3 aromatic rings. The number of amides is 2.